The molecule has 0 aromatic rings. The average molecular weight is 293 g/mol. The number of nitrogens with one attached hydrogen (secondary N) is 1. The van der Waals surface area contributed by atoms with Gasteiger partial charge in [-0.3, -0.25) is 10.1 Å². The van der Waals surface area contributed by atoms with Gasteiger partial charge in [-0.05, 0) is 51.5 Å². The molecular formula is C17H31N3O. The molecule has 1 atom stereocenters. The summed E-state index contributed by atoms with van der Waals surface area (Å²) in [6.07, 6.45) is 12.7. The summed E-state index contributed by atoms with van der Waals surface area (Å²) < 4.78 is 0. The van der Waals surface area contributed by atoms with Crippen LogP contribution in [0, 0.1) is 5.92 Å². The van der Waals surface area contributed by atoms with Gasteiger partial charge >= 0.3 is 0 Å². The quantitative estimate of drug-likeness (QED) is 0.706. The number of carbonyl (C=O) groups is 1. The number of primary amides is 1. The molecule has 3 rings (SSSR count). The van der Waals surface area contributed by atoms with Crippen molar-refractivity contribution in [2.24, 2.45) is 11.7 Å². The molecule has 3 fully saturated rings. The van der Waals surface area contributed by atoms with Crippen molar-refractivity contribution in [2.45, 2.75) is 81.8 Å². The summed E-state index contributed by atoms with van der Waals surface area (Å²) in [6, 6.07) is 1.16. The van der Waals surface area contributed by atoms with E-state index < -0.39 is 5.54 Å². The van der Waals surface area contributed by atoms with Crippen LogP contribution in [0.15, 0.2) is 0 Å². The first-order valence-electron chi connectivity index (χ1n) is 8.89. The minimum Gasteiger partial charge on any atom is -0.368 e. The molecule has 3 N–H and O–H groups in total. The van der Waals surface area contributed by atoms with Gasteiger partial charge in [-0.2, -0.15) is 0 Å². The van der Waals surface area contributed by atoms with E-state index in [1.54, 1.807) is 0 Å². The largest absolute Gasteiger partial charge is 0.368 e. The fourth-order valence-electron chi connectivity index (χ4n) is 4.03. The second kappa shape index (κ2) is 6.25. The number of hydrogen-bond acceptors (Lipinski definition) is 3. The third-order valence-electron chi connectivity index (χ3n) is 5.70. The van der Waals surface area contributed by atoms with E-state index in [-0.39, 0.29) is 5.91 Å². The Balaban J connectivity index is 1.68. The summed E-state index contributed by atoms with van der Waals surface area (Å²) in [5.74, 6) is 0.334. The molecule has 21 heavy (non-hydrogen) atoms. The van der Waals surface area contributed by atoms with Crippen molar-refractivity contribution in [1.29, 1.82) is 0 Å². The zero-order valence-electron chi connectivity index (χ0n) is 13.4. The van der Waals surface area contributed by atoms with Crippen LogP contribution < -0.4 is 11.1 Å². The van der Waals surface area contributed by atoms with Crippen molar-refractivity contribution in [3.05, 3.63) is 0 Å². The molecule has 3 aliphatic rings. The van der Waals surface area contributed by atoms with Crippen molar-refractivity contribution < 1.29 is 4.79 Å². The highest BCUT2D eigenvalue weighted by molar-refractivity contribution is 5.86. The van der Waals surface area contributed by atoms with Crippen LogP contribution in [0.5, 0.6) is 0 Å². The molecule has 0 radical (unpaired) electrons. The highest BCUT2D eigenvalue weighted by Gasteiger charge is 2.52. The third kappa shape index (κ3) is 3.59. The van der Waals surface area contributed by atoms with Gasteiger partial charge in [-0.15, -0.1) is 0 Å². The van der Waals surface area contributed by atoms with Crippen molar-refractivity contribution >= 4 is 5.91 Å². The molecule has 1 unspecified atom stereocenters. The maximum Gasteiger partial charge on any atom is 0.239 e. The molecule has 0 bridgehead atoms. The Kier molecular flexibility index (Phi) is 4.55. The van der Waals surface area contributed by atoms with Gasteiger partial charge in [0.15, 0.2) is 0 Å². The predicted octanol–water partition coefficient (Wildman–Crippen LogP) is 2.03. The van der Waals surface area contributed by atoms with Gasteiger partial charge in [0, 0.05) is 18.6 Å². The molecule has 4 heteroatoms. The van der Waals surface area contributed by atoms with Crippen LogP contribution in [0.2, 0.25) is 0 Å². The topological polar surface area (TPSA) is 58.4 Å². The maximum atomic E-state index is 12.3. The Morgan fingerprint density at radius 3 is 2.19 bits per heavy atom. The standard InChI is InChI=1S/C17H31N3O/c1-20(15-6-4-2-3-5-7-15)12-17(16(18)21,13-8-9-13)19-14-10-11-14/h13-15,19H,2-12H2,1H3,(H2,18,21). The number of rotatable bonds is 7. The summed E-state index contributed by atoms with van der Waals surface area (Å²) in [7, 11) is 2.20. The SMILES string of the molecule is CN(CC(NC1CC1)(C(N)=O)C1CC1)C1CCCCCC1. The van der Waals surface area contributed by atoms with Gasteiger partial charge in [0.25, 0.3) is 0 Å². The summed E-state index contributed by atoms with van der Waals surface area (Å²) in [5, 5.41) is 3.64. The molecule has 3 aliphatic carbocycles. The van der Waals surface area contributed by atoms with Crippen LogP contribution in [0.1, 0.15) is 64.2 Å². The number of nitrogens with zero attached hydrogens (tertiary/aromatic N) is 1. The minimum absolute atomic E-state index is 0.127. The van der Waals surface area contributed by atoms with Crippen LogP contribution >= 0.6 is 0 Å². The van der Waals surface area contributed by atoms with Crippen molar-refractivity contribution in [1.82, 2.24) is 10.2 Å². The Hall–Kier alpha value is -0.610. The number of nitrogens with two attached hydrogens (primary N) is 1. The Labute approximate surface area is 128 Å². The smallest absolute Gasteiger partial charge is 0.239 e. The first-order chi connectivity index (χ1) is 10.1. The lowest BCUT2D eigenvalue weighted by atomic mass is 9.90. The summed E-state index contributed by atoms with van der Waals surface area (Å²) in [5.41, 5.74) is 5.40. The molecule has 0 spiro atoms. The monoisotopic (exact) mass is 293 g/mol. The van der Waals surface area contributed by atoms with E-state index in [9.17, 15) is 4.79 Å². The van der Waals surface area contributed by atoms with E-state index >= 15 is 0 Å². The Bertz CT molecular complexity index is 370. The molecule has 1 amide bonds. The molecule has 0 aliphatic heterocycles. The first-order valence-corrected chi connectivity index (χ1v) is 8.89. The molecule has 0 aromatic carbocycles. The van der Waals surface area contributed by atoms with E-state index in [4.69, 9.17) is 5.73 Å². The van der Waals surface area contributed by atoms with Crippen molar-refractivity contribution in [3.8, 4) is 0 Å². The number of amides is 1. The van der Waals surface area contributed by atoms with Gasteiger partial charge in [0.2, 0.25) is 5.91 Å². The van der Waals surface area contributed by atoms with Crippen molar-refractivity contribution in [2.75, 3.05) is 13.6 Å². The van der Waals surface area contributed by atoms with Crippen molar-refractivity contribution in [3.63, 3.8) is 0 Å². The van der Waals surface area contributed by atoms with Crippen LogP contribution in [0.3, 0.4) is 0 Å². The van der Waals surface area contributed by atoms with E-state index in [0.29, 0.717) is 18.0 Å². The minimum atomic E-state index is -0.470. The molecule has 0 heterocycles. The predicted molar refractivity (Wildman–Crippen MR) is 84.9 cm³/mol. The second-order valence-electron chi connectivity index (χ2n) is 7.59. The summed E-state index contributed by atoms with van der Waals surface area (Å²) in [6.45, 7) is 0.800. The Morgan fingerprint density at radius 1 is 1.10 bits per heavy atom. The number of carbonyl (C=O) groups excluding carboxylic acids is 1. The Morgan fingerprint density at radius 2 is 1.71 bits per heavy atom. The zero-order valence-corrected chi connectivity index (χ0v) is 13.4. The van der Waals surface area contributed by atoms with Crippen LogP contribution in [-0.4, -0.2) is 42.0 Å². The lowest BCUT2D eigenvalue weighted by Crippen LogP contribution is -2.64. The van der Waals surface area contributed by atoms with Gasteiger partial charge in [0.05, 0.1) is 0 Å². The molecule has 4 nitrogen and oxygen atoms in total. The highest BCUT2D eigenvalue weighted by atomic mass is 16.1. The second-order valence-corrected chi connectivity index (χ2v) is 7.59. The third-order valence-corrected chi connectivity index (χ3v) is 5.70. The molecule has 0 saturated heterocycles. The number of likely N-dealkylation sites (N-methyl/N-ethyl adjacent to an activating group) is 1. The fourth-order valence-corrected chi connectivity index (χ4v) is 4.03. The normalized spacial score (nSPS) is 27.3. The molecule has 0 aromatic heterocycles. The highest BCUT2D eigenvalue weighted by Crippen LogP contribution is 2.42. The van der Waals surface area contributed by atoms with Crippen LogP contribution in [0.25, 0.3) is 0 Å². The maximum absolute atomic E-state index is 12.3. The van der Waals surface area contributed by atoms with E-state index in [1.807, 2.05) is 0 Å². The lowest BCUT2D eigenvalue weighted by Gasteiger charge is -2.39. The van der Waals surface area contributed by atoms with Gasteiger partial charge in [-0.25, -0.2) is 0 Å². The fraction of sp³-hybridized carbons (Fsp3) is 0.941. The number of hydrogen-bond donors (Lipinski definition) is 2. The molecule has 3 saturated carbocycles. The van der Waals surface area contributed by atoms with Crippen LogP contribution in [-0.2, 0) is 4.79 Å². The lowest BCUT2D eigenvalue weighted by molar-refractivity contribution is -0.126. The summed E-state index contributed by atoms with van der Waals surface area (Å²) >= 11 is 0. The van der Waals surface area contributed by atoms with E-state index in [1.165, 1.54) is 51.4 Å². The van der Waals surface area contributed by atoms with Gasteiger partial charge in [0.1, 0.15) is 5.54 Å². The zero-order chi connectivity index (χ0) is 14.9. The van der Waals surface area contributed by atoms with E-state index in [2.05, 4.69) is 17.3 Å². The molecule has 120 valence electrons. The van der Waals surface area contributed by atoms with Gasteiger partial charge in [-0.1, -0.05) is 25.7 Å². The first kappa shape index (κ1) is 15.3. The van der Waals surface area contributed by atoms with E-state index in [0.717, 1.165) is 19.4 Å². The van der Waals surface area contributed by atoms with Crippen LogP contribution in [0.4, 0.5) is 0 Å². The average Bonchev–Trinajstić information content (AvgIpc) is 3.31. The summed E-state index contributed by atoms with van der Waals surface area (Å²) in [4.78, 5) is 14.7. The molecular weight excluding hydrogens is 262 g/mol. The van der Waals surface area contributed by atoms with Gasteiger partial charge < -0.3 is 10.6 Å².